The van der Waals surface area contributed by atoms with Crippen LogP contribution >= 0.6 is 0 Å². The molecule has 0 saturated carbocycles. The van der Waals surface area contributed by atoms with Gasteiger partial charge in [0.15, 0.2) is 9.04 Å². The van der Waals surface area contributed by atoms with Crippen molar-refractivity contribution in [1.29, 1.82) is 0 Å². The Hall–Kier alpha value is -0.528. The number of piperidine rings is 1. The minimum absolute atomic E-state index is 0. The summed E-state index contributed by atoms with van der Waals surface area (Å²) < 4.78 is 12.6. The lowest BCUT2D eigenvalue weighted by atomic mass is 9.76. The van der Waals surface area contributed by atoms with Crippen LogP contribution < -0.4 is 0 Å². The topological polar surface area (TPSA) is 42.0 Å². The normalized spacial score (nSPS) is 27.8. The molecule has 2 atom stereocenters. The number of nitrogens with zero attached hydrogens (tertiary/aromatic N) is 2. The van der Waals surface area contributed by atoms with Crippen molar-refractivity contribution in [3.05, 3.63) is 0 Å². The number of ether oxygens (including phenoxy) is 1. The highest BCUT2D eigenvalue weighted by molar-refractivity contribution is 6.48. The van der Waals surface area contributed by atoms with Gasteiger partial charge in [-0.15, -0.1) is 0 Å². The van der Waals surface area contributed by atoms with Crippen molar-refractivity contribution in [2.45, 2.75) is 85.2 Å². The molecule has 7 heteroatoms. The second-order valence-electron chi connectivity index (χ2n) is 10.9. The fourth-order valence-electron chi connectivity index (χ4n) is 4.49. The number of likely N-dealkylation sites (tertiary alicyclic amines) is 2. The minimum atomic E-state index is -1.35. The van der Waals surface area contributed by atoms with Crippen LogP contribution in [-0.4, -0.2) is 71.4 Å². The highest BCUT2D eigenvalue weighted by Crippen LogP contribution is 2.49. The number of carbonyl (C=O) groups is 1. The summed E-state index contributed by atoms with van der Waals surface area (Å²) in [4.78, 5) is 17.6. The van der Waals surface area contributed by atoms with Gasteiger partial charge in [-0.1, -0.05) is 20.8 Å². The fourth-order valence-corrected chi connectivity index (χ4v) is 5.72. The minimum Gasteiger partial charge on any atom is -0.444 e. The molecule has 0 N–H and O–H groups in total. The Labute approximate surface area is 176 Å². The molecule has 5 nitrogen and oxygen atoms in total. The van der Waals surface area contributed by atoms with Gasteiger partial charge in [0.25, 0.3) is 0 Å². The summed E-state index contributed by atoms with van der Waals surface area (Å²) in [5.74, 6) is 0.792. The lowest BCUT2D eigenvalue weighted by molar-refractivity contribution is -0.116. The van der Waals surface area contributed by atoms with E-state index in [0.717, 1.165) is 38.9 Å². The lowest BCUT2D eigenvalue weighted by Crippen LogP contribution is -2.58. The maximum atomic E-state index is 13.3. The predicted octanol–water partition coefficient (Wildman–Crippen LogP) is 3.95. The summed E-state index contributed by atoms with van der Waals surface area (Å²) in [6.07, 6.45) is 2.87. The van der Waals surface area contributed by atoms with Crippen LogP contribution in [0.2, 0.25) is 13.1 Å². The van der Waals surface area contributed by atoms with E-state index in [1.807, 2.05) is 25.7 Å². The molecule has 2 aliphatic heterocycles. The predicted molar refractivity (Wildman–Crippen MR) is 119 cm³/mol. The second-order valence-corrected chi connectivity index (χ2v) is 13.3. The van der Waals surface area contributed by atoms with Gasteiger partial charge >= 0.3 is 6.09 Å². The zero-order valence-electron chi connectivity index (χ0n) is 19.7. The number of hydrogen-bond acceptors (Lipinski definition) is 4. The van der Waals surface area contributed by atoms with Crippen molar-refractivity contribution in [2.24, 2.45) is 17.3 Å². The van der Waals surface area contributed by atoms with Gasteiger partial charge in [-0.2, -0.15) is 0 Å². The van der Waals surface area contributed by atoms with E-state index in [1.54, 1.807) is 0 Å². The monoisotopic (exact) mass is 409 g/mol. The van der Waals surface area contributed by atoms with Gasteiger partial charge in [0.2, 0.25) is 0 Å². The largest absolute Gasteiger partial charge is 0.444 e. The molecule has 161 valence electrons. The summed E-state index contributed by atoms with van der Waals surface area (Å²) >= 11 is 0. The summed E-state index contributed by atoms with van der Waals surface area (Å²) in [7, 11) is 0.825. The molecule has 28 heavy (non-hydrogen) atoms. The first-order valence-electron chi connectivity index (χ1n) is 10.6. The van der Waals surface area contributed by atoms with Crippen molar-refractivity contribution in [1.82, 2.24) is 9.80 Å². The molecule has 0 spiro atoms. The van der Waals surface area contributed by atoms with E-state index in [9.17, 15) is 4.79 Å². The van der Waals surface area contributed by atoms with E-state index < -0.39 is 20.4 Å². The molecule has 2 fully saturated rings. The van der Waals surface area contributed by atoms with E-state index in [2.05, 4.69) is 45.8 Å². The Balaban J connectivity index is 0.00000392. The third kappa shape index (κ3) is 5.99. The maximum absolute atomic E-state index is 13.3. The molecule has 2 rings (SSSR count). The second kappa shape index (κ2) is 9.09. The Bertz CT molecular complexity index is 525. The Morgan fingerprint density at radius 1 is 1.07 bits per heavy atom. The molecular weight excluding hydrogens is 367 g/mol. The van der Waals surface area contributed by atoms with Gasteiger partial charge in [0.05, 0.1) is 0 Å². The Kier molecular flexibility index (Phi) is 8.28. The third-order valence-corrected chi connectivity index (χ3v) is 6.91. The molecule has 0 aromatic rings. The summed E-state index contributed by atoms with van der Waals surface area (Å²) in [5, 5.41) is 0. The van der Waals surface area contributed by atoms with Gasteiger partial charge < -0.3 is 14.1 Å². The van der Waals surface area contributed by atoms with E-state index in [-0.39, 0.29) is 19.9 Å². The molecule has 0 aromatic heterocycles. The number of amides is 1. The first-order chi connectivity index (χ1) is 12.2. The van der Waals surface area contributed by atoms with Crippen LogP contribution in [0, 0.1) is 17.3 Å². The molecule has 0 unspecified atom stereocenters. The molecule has 1 amide bonds. The number of hydrogen-bond donors (Lipinski definition) is 0. The van der Waals surface area contributed by atoms with E-state index in [0.29, 0.717) is 11.8 Å². The maximum Gasteiger partial charge on any atom is 0.412 e. The SMILES string of the molecule is CN1CCC([C@@]2(O[SiH](C)C)C[C@H](C(C)(C)C)CN2C(=O)OC(C)(C)C)CC1.[B]. The lowest BCUT2D eigenvalue weighted by Gasteiger charge is -2.48. The molecule has 2 aliphatic rings. The Morgan fingerprint density at radius 2 is 1.61 bits per heavy atom. The van der Waals surface area contributed by atoms with Gasteiger partial charge in [-0.05, 0) is 84.6 Å². The third-order valence-electron chi connectivity index (χ3n) is 6.03. The molecule has 2 heterocycles. The van der Waals surface area contributed by atoms with Crippen LogP contribution in [0.5, 0.6) is 0 Å². The highest BCUT2D eigenvalue weighted by Gasteiger charge is 2.57. The number of rotatable bonds is 3. The average Bonchev–Trinajstić information content (AvgIpc) is 2.86. The first kappa shape index (κ1) is 25.5. The molecule has 3 radical (unpaired) electrons. The number of carbonyl (C=O) groups excluding carboxylic acids is 1. The molecule has 2 saturated heterocycles. The first-order valence-corrected chi connectivity index (χ1v) is 13.4. The highest BCUT2D eigenvalue weighted by atomic mass is 28.3. The van der Waals surface area contributed by atoms with Gasteiger partial charge in [-0.25, -0.2) is 4.79 Å². The molecule has 0 bridgehead atoms. The van der Waals surface area contributed by atoms with Crippen LogP contribution in [-0.2, 0) is 9.16 Å². The van der Waals surface area contributed by atoms with Crippen LogP contribution in [0.4, 0.5) is 4.79 Å². The van der Waals surface area contributed by atoms with Crippen molar-refractivity contribution < 1.29 is 14.0 Å². The van der Waals surface area contributed by atoms with Crippen molar-refractivity contribution in [3.63, 3.8) is 0 Å². The summed E-state index contributed by atoms with van der Waals surface area (Å²) in [6, 6.07) is 0. The van der Waals surface area contributed by atoms with Crippen molar-refractivity contribution in [3.8, 4) is 0 Å². The van der Waals surface area contributed by atoms with E-state index in [4.69, 9.17) is 9.16 Å². The molecule has 0 aromatic carbocycles. The van der Waals surface area contributed by atoms with Crippen molar-refractivity contribution >= 4 is 23.5 Å². The quantitative estimate of drug-likeness (QED) is 0.662. The fraction of sp³-hybridized carbons (Fsp3) is 0.952. The van der Waals surface area contributed by atoms with Crippen molar-refractivity contribution in [2.75, 3.05) is 26.7 Å². The summed E-state index contributed by atoms with van der Waals surface area (Å²) in [5.41, 5.74) is -0.859. The standard InChI is InChI=1S/C21H42N2O3Si.B/c1-19(2,3)17-14-21(26-27(8)9,16-10-12-22(7)13-11-16)23(15-17)18(24)25-20(4,5)6;/h16-17,27H,10-15H2,1-9H3;/t17-,21-;/m0./s1. The van der Waals surface area contributed by atoms with Crippen LogP contribution in [0.1, 0.15) is 60.8 Å². The van der Waals surface area contributed by atoms with E-state index in [1.165, 1.54) is 0 Å². The van der Waals surface area contributed by atoms with Gasteiger partial charge in [-0.3, -0.25) is 4.90 Å². The van der Waals surface area contributed by atoms with Gasteiger partial charge in [0.1, 0.15) is 11.3 Å². The zero-order valence-corrected chi connectivity index (χ0v) is 20.8. The smallest absolute Gasteiger partial charge is 0.412 e. The van der Waals surface area contributed by atoms with Gasteiger partial charge in [0, 0.05) is 20.9 Å². The summed E-state index contributed by atoms with van der Waals surface area (Å²) in [6.45, 7) is 20.0. The van der Waals surface area contributed by atoms with Crippen LogP contribution in [0.15, 0.2) is 0 Å². The molecular formula is C21H42BN2O3Si. The van der Waals surface area contributed by atoms with E-state index >= 15 is 0 Å². The average molecular weight is 409 g/mol. The van der Waals surface area contributed by atoms with Crippen LogP contribution in [0.25, 0.3) is 0 Å². The van der Waals surface area contributed by atoms with Crippen LogP contribution in [0.3, 0.4) is 0 Å². The molecule has 0 aliphatic carbocycles. The zero-order chi connectivity index (χ0) is 20.6. The Morgan fingerprint density at radius 3 is 2.04 bits per heavy atom.